The number of amides is 1. The van der Waals surface area contributed by atoms with Crippen molar-refractivity contribution < 1.29 is 14.3 Å². The number of nitrogens with zero attached hydrogens (tertiary/aromatic N) is 2. The summed E-state index contributed by atoms with van der Waals surface area (Å²) in [6.07, 6.45) is 0. The molecule has 3 rings (SSSR count). The number of anilines is 1. The van der Waals surface area contributed by atoms with Gasteiger partial charge in [0.1, 0.15) is 0 Å². The summed E-state index contributed by atoms with van der Waals surface area (Å²) in [7, 11) is 3.14. The minimum Gasteiger partial charge on any atom is -0.493 e. The van der Waals surface area contributed by atoms with Crippen molar-refractivity contribution in [2.45, 2.75) is 19.9 Å². The number of fused-ring (bicyclic) bond motifs is 1. The van der Waals surface area contributed by atoms with Crippen LogP contribution in [-0.4, -0.2) is 36.4 Å². The van der Waals surface area contributed by atoms with Crippen LogP contribution in [0.4, 0.5) is 5.69 Å². The van der Waals surface area contributed by atoms with Crippen LogP contribution in [0.3, 0.4) is 0 Å². The fourth-order valence-electron chi connectivity index (χ4n) is 2.86. The molecule has 0 bridgehead atoms. The van der Waals surface area contributed by atoms with Crippen LogP contribution < -0.4 is 14.4 Å². The van der Waals surface area contributed by atoms with E-state index in [0.29, 0.717) is 22.6 Å². The Morgan fingerprint density at radius 1 is 1.08 bits per heavy atom. The van der Waals surface area contributed by atoms with Gasteiger partial charge in [0, 0.05) is 23.2 Å². The Morgan fingerprint density at radius 3 is 2.32 bits per heavy atom. The molecule has 0 saturated heterocycles. The maximum Gasteiger partial charge on any atom is 0.279 e. The molecule has 0 aliphatic rings. The number of hydrogen-bond donors (Lipinski definition) is 1. The Morgan fingerprint density at radius 2 is 1.72 bits per heavy atom. The normalized spacial score (nSPS) is 10.9. The first-order valence-electron chi connectivity index (χ1n) is 8.05. The minimum absolute atomic E-state index is 0.0122. The second-order valence-corrected chi connectivity index (χ2v) is 5.93. The topological polar surface area (TPSA) is 67.5 Å². The van der Waals surface area contributed by atoms with E-state index in [1.165, 1.54) is 0 Å². The number of ether oxygens (including phenoxy) is 2. The van der Waals surface area contributed by atoms with Crippen molar-refractivity contribution in [2.24, 2.45) is 0 Å². The predicted octanol–water partition coefficient (Wildman–Crippen LogP) is 3.64. The summed E-state index contributed by atoms with van der Waals surface area (Å²) in [5.74, 6) is 0.974. The fraction of sp³-hybridized carbons (Fsp3) is 0.263. The van der Waals surface area contributed by atoms with E-state index in [-0.39, 0.29) is 11.9 Å². The van der Waals surface area contributed by atoms with Crippen LogP contribution in [0.1, 0.15) is 24.3 Å². The number of rotatable bonds is 5. The van der Waals surface area contributed by atoms with Gasteiger partial charge in [0.2, 0.25) is 0 Å². The number of aromatic amines is 1. The summed E-state index contributed by atoms with van der Waals surface area (Å²) in [6.45, 7) is 3.95. The molecular formula is C19H21N3O3. The van der Waals surface area contributed by atoms with Crippen molar-refractivity contribution in [2.75, 3.05) is 19.1 Å². The third-order valence-electron chi connectivity index (χ3n) is 4.04. The summed E-state index contributed by atoms with van der Waals surface area (Å²) in [5, 5.41) is 7.85. The number of carbonyl (C=O) groups excluding carboxylic acids is 1. The fourth-order valence-corrected chi connectivity index (χ4v) is 2.86. The Bertz CT molecular complexity index is 888. The molecule has 25 heavy (non-hydrogen) atoms. The number of para-hydroxylation sites is 1. The standard InChI is InChI=1S/C19H21N3O3/c1-12(2)22(13-8-6-5-7-9-13)19(23)18-14-10-16(24-3)17(25-4)11-15(14)20-21-18/h5-12H,1-4H3,(H,20,21). The zero-order chi connectivity index (χ0) is 18.0. The van der Waals surface area contributed by atoms with Gasteiger partial charge in [-0.2, -0.15) is 5.10 Å². The van der Waals surface area contributed by atoms with Crippen LogP contribution in [0.25, 0.3) is 10.9 Å². The molecule has 6 heteroatoms. The third-order valence-corrected chi connectivity index (χ3v) is 4.04. The van der Waals surface area contributed by atoms with Crippen LogP contribution in [0.5, 0.6) is 11.5 Å². The van der Waals surface area contributed by atoms with Crippen LogP contribution in [-0.2, 0) is 0 Å². The molecular weight excluding hydrogens is 318 g/mol. The Labute approximate surface area is 146 Å². The molecule has 6 nitrogen and oxygen atoms in total. The lowest BCUT2D eigenvalue weighted by Gasteiger charge is -2.26. The molecule has 1 N–H and O–H groups in total. The van der Waals surface area contributed by atoms with E-state index in [0.717, 1.165) is 11.2 Å². The quantitative estimate of drug-likeness (QED) is 0.771. The largest absolute Gasteiger partial charge is 0.493 e. The number of H-pyrrole nitrogens is 1. The molecule has 1 aromatic heterocycles. The molecule has 1 amide bonds. The lowest BCUT2D eigenvalue weighted by atomic mass is 10.1. The van der Waals surface area contributed by atoms with Crippen LogP contribution >= 0.6 is 0 Å². The molecule has 0 aliphatic heterocycles. The highest BCUT2D eigenvalue weighted by molar-refractivity contribution is 6.13. The summed E-state index contributed by atoms with van der Waals surface area (Å²) in [4.78, 5) is 14.9. The monoisotopic (exact) mass is 339 g/mol. The Hall–Kier alpha value is -3.02. The number of methoxy groups -OCH3 is 2. The first-order valence-corrected chi connectivity index (χ1v) is 8.05. The van der Waals surface area contributed by atoms with E-state index in [1.807, 2.05) is 44.2 Å². The van der Waals surface area contributed by atoms with Crippen molar-refractivity contribution >= 4 is 22.5 Å². The smallest absolute Gasteiger partial charge is 0.279 e. The van der Waals surface area contributed by atoms with Crippen molar-refractivity contribution in [1.29, 1.82) is 0 Å². The van der Waals surface area contributed by atoms with Gasteiger partial charge in [0.25, 0.3) is 5.91 Å². The lowest BCUT2D eigenvalue weighted by molar-refractivity contribution is 0.0977. The van der Waals surface area contributed by atoms with Crippen molar-refractivity contribution in [3.05, 3.63) is 48.2 Å². The number of aromatic nitrogens is 2. The van der Waals surface area contributed by atoms with Crippen LogP contribution in [0.15, 0.2) is 42.5 Å². The highest BCUT2D eigenvalue weighted by Gasteiger charge is 2.25. The van der Waals surface area contributed by atoms with Crippen molar-refractivity contribution in [3.8, 4) is 11.5 Å². The SMILES string of the molecule is COc1cc2[nH]nc(C(=O)N(c3ccccc3)C(C)C)c2cc1OC. The summed E-state index contributed by atoms with van der Waals surface area (Å²) < 4.78 is 10.7. The first kappa shape index (κ1) is 16.8. The Kier molecular flexibility index (Phi) is 4.61. The van der Waals surface area contributed by atoms with E-state index in [2.05, 4.69) is 10.2 Å². The van der Waals surface area contributed by atoms with E-state index in [4.69, 9.17) is 9.47 Å². The number of carbonyl (C=O) groups is 1. The zero-order valence-electron chi connectivity index (χ0n) is 14.7. The van der Waals surface area contributed by atoms with Crippen LogP contribution in [0, 0.1) is 0 Å². The molecule has 0 atom stereocenters. The second kappa shape index (κ2) is 6.84. The van der Waals surface area contributed by atoms with Gasteiger partial charge in [-0.3, -0.25) is 9.89 Å². The Balaban J connectivity index is 2.09. The second-order valence-electron chi connectivity index (χ2n) is 5.93. The highest BCUT2D eigenvalue weighted by atomic mass is 16.5. The average molecular weight is 339 g/mol. The molecule has 130 valence electrons. The summed E-state index contributed by atoms with van der Waals surface area (Å²) in [5.41, 5.74) is 1.91. The van der Waals surface area contributed by atoms with Crippen molar-refractivity contribution in [3.63, 3.8) is 0 Å². The minimum atomic E-state index is -0.167. The molecule has 0 radical (unpaired) electrons. The van der Waals surface area contributed by atoms with Gasteiger partial charge in [-0.25, -0.2) is 0 Å². The first-order chi connectivity index (χ1) is 12.1. The maximum absolute atomic E-state index is 13.2. The average Bonchev–Trinajstić information content (AvgIpc) is 3.03. The van der Waals surface area contributed by atoms with Gasteiger partial charge in [-0.15, -0.1) is 0 Å². The van der Waals surface area contributed by atoms with Crippen molar-refractivity contribution in [1.82, 2.24) is 10.2 Å². The maximum atomic E-state index is 13.2. The predicted molar refractivity (Wildman–Crippen MR) is 97.6 cm³/mol. The van der Waals surface area contributed by atoms with Crippen LogP contribution in [0.2, 0.25) is 0 Å². The van der Waals surface area contributed by atoms with E-state index in [1.54, 1.807) is 31.3 Å². The molecule has 0 saturated carbocycles. The molecule has 2 aromatic carbocycles. The van der Waals surface area contributed by atoms with Gasteiger partial charge in [0.15, 0.2) is 17.2 Å². The highest BCUT2D eigenvalue weighted by Crippen LogP contribution is 2.33. The lowest BCUT2D eigenvalue weighted by Crippen LogP contribution is -2.37. The molecule has 1 heterocycles. The van der Waals surface area contributed by atoms with Gasteiger partial charge < -0.3 is 14.4 Å². The molecule has 0 fully saturated rings. The van der Waals surface area contributed by atoms with E-state index in [9.17, 15) is 4.79 Å². The number of benzene rings is 2. The van der Waals surface area contributed by atoms with Gasteiger partial charge in [-0.1, -0.05) is 18.2 Å². The number of nitrogens with one attached hydrogen (secondary N) is 1. The van der Waals surface area contributed by atoms with E-state index < -0.39 is 0 Å². The number of hydrogen-bond acceptors (Lipinski definition) is 4. The van der Waals surface area contributed by atoms with Gasteiger partial charge in [-0.05, 0) is 32.0 Å². The molecule has 0 aliphatic carbocycles. The zero-order valence-corrected chi connectivity index (χ0v) is 14.7. The van der Waals surface area contributed by atoms with E-state index >= 15 is 0 Å². The van der Waals surface area contributed by atoms with Gasteiger partial charge >= 0.3 is 0 Å². The molecule has 3 aromatic rings. The molecule has 0 spiro atoms. The van der Waals surface area contributed by atoms with Gasteiger partial charge in [0.05, 0.1) is 19.7 Å². The molecule has 0 unspecified atom stereocenters. The third kappa shape index (κ3) is 3.03. The summed E-state index contributed by atoms with van der Waals surface area (Å²) >= 11 is 0. The summed E-state index contributed by atoms with van der Waals surface area (Å²) in [6, 6.07) is 13.1.